The Morgan fingerprint density at radius 3 is 3.15 bits per heavy atom. The van der Waals surface area contributed by atoms with Gasteiger partial charge in [-0.3, -0.25) is 4.79 Å². The van der Waals surface area contributed by atoms with Crippen LogP contribution in [0.2, 0.25) is 0 Å². The van der Waals surface area contributed by atoms with Crippen LogP contribution in [0.1, 0.15) is 58.3 Å². The summed E-state index contributed by atoms with van der Waals surface area (Å²) in [6.45, 7) is 6.07. The third-order valence-corrected chi connectivity index (χ3v) is 5.56. The summed E-state index contributed by atoms with van der Waals surface area (Å²) in [6.07, 6.45) is 14.3. The molecule has 0 N–H and O–H groups in total. The largest absolute Gasteiger partial charge is 0.360 e. The standard InChI is InChI=1S/C18H26O2/c1-3-4-5-8-17-10-11-18(20-17)9-6-7-14(2)16(18)12-15(19)13-17/h3,10-11,14,16H,1,4-9,12-13H2,2H3/t14?,16?,17-,18+/m0/s1. The molecule has 20 heavy (non-hydrogen) atoms. The SMILES string of the molecule is C=CCCC[C@]12C=C[C@@]3(CCCC(C)C3CC(=O)C1)O2. The molecule has 1 saturated carbocycles. The first-order chi connectivity index (χ1) is 9.59. The van der Waals surface area contributed by atoms with E-state index in [0.29, 0.717) is 30.5 Å². The lowest BCUT2D eigenvalue weighted by molar-refractivity contribution is -0.136. The molecular formula is C18H26O2. The zero-order chi connectivity index (χ0) is 14.2. The summed E-state index contributed by atoms with van der Waals surface area (Å²) in [5.41, 5.74) is -0.454. The van der Waals surface area contributed by atoms with Crippen molar-refractivity contribution in [3.63, 3.8) is 0 Å². The minimum absolute atomic E-state index is 0.141. The smallest absolute Gasteiger partial charge is 0.136 e. The third-order valence-electron chi connectivity index (χ3n) is 5.56. The van der Waals surface area contributed by atoms with Crippen LogP contribution in [0.4, 0.5) is 0 Å². The third kappa shape index (κ3) is 2.28. The highest BCUT2D eigenvalue weighted by Crippen LogP contribution is 2.53. The van der Waals surface area contributed by atoms with Gasteiger partial charge >= 0.3 is 0 Å². The first-order valence-electron chi connectivity index (χ1n) is 8.12. The number of allylic oxidation sites excluding steroid dienone is 1. The number of ketones is 1. The molecule has 2 aliphatic heterocycles. The van der Waals surface area contributed by atoms with E-state index in [0.717, 1.165) is 25.7 Å². The fourth-order valence-corrected chi connectivity index (χ4v) is 4.53. The van der Waals surface area contributed by atoms with E-state index in [-0.39, 0.29) is 11.2 Å². The average molecular weight is 274 g/mol. The molecule has 3 rings (SSSR count). The molecule has 0 aromatic carbocycles. The van der Waals surface area contributed by atoms with Gasteiger partial charge in [0.05, 0.1) is 11.2 Å². The number of carbonyl (C=O) groups is 1. The summed E-state index contributed by atoms with van der Waals surface area (Å²) in [7, 11) is 0. The van der Waals surface area contributed by atoms with Gasteiger partial charge in [0.25, 0.3) is 0 Å². The normalized spacial score (nSPS) is 43.1. The molecule has 2 heteroatoms. The molecule has 0 aromatic rings. The molecule has 2 unspecified atom stereocenters. The Bertz CT molecular complexity index is 439. The highest BCUT2D eigenvalue weighted by molar-refractivity contribution is 5.81. The first-order valence-corrected chi connectivity index (χ1v) is 8.12. The van der Waals surface area contributed by atoms with Crippen molar-refractivity contribution in [1.82, 2.24) is 0 Å². The molecule has 2 heterocycles. The summed E-state index contributed by atoms with van der Waals surface area (Å²) >= 11 is 0. The van der Waals surface area contributed by atoms with Crippen molar-refractivity contribution in [2.75, 3.05) is 0 Å². The Labute approximate surface area is 122 Å². The van der Waals surface area contributed by atoms with Gasteiger partial charge < -0.3 is 4.74 Å². The summed E-state index contributed by atoms with van der Waals surface area (Å²) < 4.78 is 6.62. The summed E-state index contributed by atoms with van der Waals surface area (Å²) in [6, 6.07) is 0. The molecule has 0 radical (unpaired) electrons. The van der Waals surface area contributed by atoms with Crippen LogP contribution in [0, 0.1) is 11.8 Å². The molecule has 0 amide bonds. The highest BCUT2D eigenvalue weighted by atomic mass is 16.5. The van der Waals surface area contributed by atoms with Gasteiger partial charge in [-0.05, 0) is 38.0 Å². The van der Waals surface area contributed by atoms with Crippen molar-refractivity contribution in [2.45, 2.75) is 69.5 Å². The monoisotopic (exact) mass is 274 g/mol. The zero-order valence-corrected chi connectivity index (χ0v) is 12.6. The van der Waals surface area contributed by atoms with Crippen LogP contribution >= 0.6 is 0 Å². The molecule has 4 atom stereocenters. The van der Waals surface area contributed by atoms with E-state index in [1.807, 2.05) is 6.08 Å². The molecular weight excluding hydrogens is 248 g/mol. The van der Waals surface area contributed by atoms with Crippen LogP contribution in [-0.2, 0) is 9.53 Å². The number of rotatable bonds is 4. The van der Waals surface area contributed by atoms with E-state index in [9.17, 15) is 4.79 Å². The van der Waals surface area contributed by atoms with E-state index >= 15 is 0 Å². The Kier molecular flexibility index (Phi) is 3.62. The predicted octanol–water partition coefficient (Wildman–Crippen LogP) is 4.21. The lowest BCUT2D eigenvalue weighted by Crippen LogP contribution is -2.45. The van der Waals surface area contributed by atoms with Crippen LogP contribution in [-0.4, -0.2) is 17.0 Å². The number of carbonyl (C=O) groups excluding carboxylic acids is 1. The second-order valence-corrected chi connectivity index (χ2v) is 7.03. The highest BCUT2D eigenvalue weighted by Gasteiger charge is 2.54. The number of hydrogen-bond acceptors (Lipinski definition) is 2. The number of Topliss-reactive ketones (excluding diaryl/α,β-unsaturated/α-hetero) is 1. The van der Waals surface area contributed by atoms with Gasteiger partial charge in [0.1, 0.15) is 5.78 Å². The van der Waals surface area contributed by atoms with Crippen LogP contribution in [0.5, 0.6) is 0 Å². The Morgan fingerprint density at radius 2 is 2.35 bits per heavy atom. The minimum atomic E-state index is -0.314. The van der Waals surface area contributed by atoms with Crippen LogP contribution in [0.3, 0.4) is 0 Å². The van der Waals surface area contributed by atoms with E-state index in [1.54, 1.807) is 0 Å². The molecule has 110 valence electrons. The Balaban J connectivity index is 1.85. The van der Waals surface area contributed by atoms with Crippen molar-refractivity contribution < 1.29 is 9.53 Å². The van der Waals surface area contributed by atoms with Crippen molar-refractivity contribution >= 4 is 5.78 Å². The molecule has 1 spiro atoms. The lowest BCUT2D eigenvalue weighted by Gasteiger charge is -2.44. The maximum absolute atomic E-state index is 12.4. The van der Waals surface area contributed by atoms with Gasteiger partial charge in [0.2, 0.25) is 0 Å². The van der Waals surface area contributed by atoms with Gasteiger partial charge in [-0.2, -0.15) is 0 Å². The van der Waals surface area contributed by atoms with Gasteiger partial charge in [0, 0.05) is 18.8 Å². The summed E-state index contributed by atoms with van der Waals surface area (Å²) in [5, 5.41) is 0. The topological polar surface area (TPSA) is 26.3 Å². The lowest BCUT2D eigenvalue weighted by atomic mass is 9.67. The van der Waals surface area contributed by atoms with Crippen molar-refractivity contribution in [3.05, 3.63) is 24.8 Å². The van der Waals surface area contributed by atoms with E-state index in [1.165, 1.54) is 12.8 Å². The van der Waals surface area contributed by atoms with Crippen LogP contribution in [0.25, 0.3) is 0 Å². The quantitative estimate of drug-likeness (QED) is 0.567. The molecule has 1 saturated heterocycles. The average Bonchev–Trinajstić information content (AvgIpc) is 2.67. The maximum Gasteiger partial charge on any atom is 0.136 e. The predicted molar refractivity (Wildman–Crippen MR) is 80.5 cm³/mol. The molecule has 0 aromatic heterocycles. The number of unbranched alkanes of at least 4 members (excludes halogenated alkanes) is 1. The van der Waals surface area contributed by atoms with Crippen LogP contribution < -0.4 is 0 Å². The molecule has 1 aliphatic carbocycles. The Hall–Kier alpha value is -0.890. The van der Waals surface area contributed by atoms with E-state index in [2.05, 4.69) is 25.7 Å². The summed E-state index contributed by atoms with van der Waals surface area (Å²) in [4.78, 5) is 12.4. The molecule has 2 bridgehead atoms. The van der Waals surface area contributed by atoms with E-state index < -0.39 is 0 Å². The van der Waals surface area contributed by atoms with Crippen molar-refractivity contribution in [3.8, 4) is 0 Å². The first kappa shape index (κ1) is 14.1. The fourth-order valence-electron chi connectivity index (χ4n) is 4.53. The van der Waals surface area contributed by atoms with Gasteiger partial charge in [-0.25, -0.2) is 0 Å². The van der Waals surface area contributed by atoms with Gasteiger partial charge in [-0.15, -0.1) is 6.58 Å². The zero-order valence-electron chi connectivity index (χ0n) is 12.6. The molecule has 3 aliphatic rings. The number of fused-ring (bicyclic) bond motifs is 1. The minimum Gasteiger partial charge on any atom is -0.360 e. The van der Waals surface area contributed by atoms with E-state index in [4.69, 9.17) is 4.74 Å². The molecule has 2 fully saturated rings. The maximum atomic E-state index is 12.4. The second-order valence-electron chi connectivity index (χ2n) is 7.03. The molecule has 2 nitrogen and oxygen atoms in total. The van der Waals surface area contributed by atoms with Crippen molar-refractivity contribution in [2.24, 2.45) is 11.8 Å². The van der Waals surface area contributed by atoms with Crippen LogP contribution in [0.15, 0.2) is 24.8 Å². The fraction of sp³-hybridized carbons (Fsp3) is 0.722. The van der Waals surface area contributed by atoms with Gasteiger partial charge in [-0.1, -0.05) is 31.6 Å². The van der Waals surface area contributed by atoms with Crippen molar-refractivity contribution in [1.29, 1.82) is 0 Å². The Morgan fingerprint density at radius 1 is 1.50 bits per heavy atom. The number of ether oxygens (including phenoxy) is 1. The number of hydrogen-bond donors (Lipinski definition) is 0. The van der Waals surface area contributed by atoms with Gasteiger partial charge in [0.15, 0.2) is 0 Å². The summed E-state index contributed by atoms with van der Waals surface area (Å²) in [5.74, 6) is 1.39. The second kappa shape index (κ2) is 5.14.